The fourth-order valence-electron chi connectivity index (χ4n) is 1.98. The molecule has 1 heterocycles. The standard InChI is InChI=1S/C18H21NO5/c1-18(2,3)24-16(20)12-23-17(21)14-8-4-5-9-15(14)19-11-13-7-6-10-22-13/h4-10,19H,11-12H2,1-3H3. The summed E-state index contributed by atoms with van der Waals surface area (Å²) < 4.78 is 15.4. The first-order valence-electron chi connectivity index (χ1n) is 7.59. The van der Waals surface area contributed by atoms with Crippen LogP contribution in [0.3, 0.4) is 0 Å². The Balaban J connectivity index is 1.95. The number of rotatable bonds is 6. The second kappa shape index (κ2) is 7.68. The van der Waals surface area contributed by atoms with E-state index in [0.29, 0.717) is 17.8 Å². The van der Waals surface area contributed by atoms with E-state index in [9.17, 15) is 9.59 Å². The number of carbonyl (C=O) groups excluding carboxylic acids is 2. The summed E-state index contributed by atoms with van der Waals surface area (Å²) in [4.78, 5) is 23.8. The van der Waals surface area contributed by atoms with Crippen LogP contribution in [0.5, 0.6) is 0 Å². The van der Waals surface area contributed by atoms with Gasteiger partial charge in [-0.15, -0.1) is 0 Å². The van der Waals surface area contributed by atoms with Crippen molar-refractivity contribution in [3.05, 3.63) is 54.0 Å². The lowest BCUT2D eigenvalue weighted by Gasteiger charge is -2.19. The molecule has 0 saturated heterocycles. The average molecular weight is 331 g/mol. The predicted molar refractivity (Wildman–Crippen MR) is 88.6 cm³/mol. The maximum absolute atomic E-state index is 12.2. The third-order valence-corrected chi connectivity index (χ3v) is 2.92. The Bertz CT molecular complexity index is 686. The Morgan fingerprint density at radius 2 is 1.88 bits per heavy atom. The largest absolute Gasteiger partial charge is 0.467 e. The number of para-hydroxylation sites is 1. The van der Waals surface area contributed by atoms with Crippen LogP contribution < -0.4 is 5.32 Å². The molecule has 0 saturated carbocycles. The molecule has 1 aromatic heterocycles. The van der Waals surface area contributed by atoms with Gasteiger partial charge in [0, 0.05) is 5.69 Å². The molecule has 0 bridgehead atoms. The molecule has 0 amide bonds. The minimum atomic E-state index is -0.619. The molecule has 1 aromatic carbocycles. The highest BCUT2D eigenvalue weighted by molar-refractivity contribution is 5.96. The van der Waals surface area contributed by atoms with Gasteiger partial charge in [0.15, 0.2) is 6.61 Å². The molecular weight excluding hydrogens is 310 g/mol. The lowest BCUT2D eigenvalue weighted by Crippen LogP contribution is -2.27. The number of furan rings is 1. The van der Waals surface area contributed by atoms with E-state index in [1.807, 2.05) is 6.07 Å². The highest BCUT2D eigenvalue weighted by Crippen LogP contribution is 2.18. The Morgan fingerprint density at radius 3 is 2.54 bits per heavy atom. The minimum absolute atomic E-state index is 0.340. The van der Waals surface area contributed by atoms with E-state index in [2.05, 4.69) is 5.32 Å². The van der Waals surface area contributed by atoms with Crippen LogP contribution in [0, 0.1) is 0 Å². The van der Waals surface area contributed by atoms with Crippen molar-refractivity contribution in [2.24, 2.45) is 0 Å². The van der Waals surface area contributed by atoms with Crippen LogP contribution in [0.25, 0.3) is 0 Å². The summed E-state index contributed by atoms with van der Waals surface area (Å²) >= 11 is 0. The van der Waals surface area contributed by atoms with Gasteiger partial charge in [0.25, 0.3) is 0 Å². The number of esters is 2. The first-order chi connectivity index (χ1) is 11.3. The van der Waals surface area contributed by atoms with Gasteiger partial charge >= 0.3 is 11.9 Å². The Kier molecular flexibility index (Phi) is 5.63. The molecule has 0 aliphatic carbocycles. The second-order valence-electron chi connectivity index (χ2n) is 6.14. The van der Waals surface area contributed by atoms with Crippen LogP contribution in [-0.2, 0) is 20.8 Å². The zero-order chi connectivity index (χ0) is 17.6. The number of benzene rings is 1. The molecule has 6 nitrogen and oxygen atoms in total. The van der Waals surface area contributed by atoms with Gasteiger partial charge in [-0.1, -0.05) is 12.1 Å². The molecule has 1 N–H and O–H groups in total. The van der Waals surface area contributed by atoms with Gasteiger partial charge < -0.3 is 19.2 Å². The van der Waals surface area contributed by atoms with Gasteiger partial charge in [0.2, 0.25) is 0 Å². The quantitative estimate of drug-likeness (QED) is 0.818. The highest BCUT2D eigenvalue weighted by Gasteiger charge is 2.19. The molecular formula is C18H21NO5. The summed E-state index contributed by atoms with van der Waals surface area (Å²) in [5.74, 6) is -0.438. The molecule has 24 heavy (non-hydrogen) atoms. The lowest BCUT2D eigenvalue weighted by molar-refractivity contribution is -0.158. The molecule has 6 heteroatoms. The summed E-state index contributed by atoms with van der Waals surface area (Å²) in [7, 11) is 0. The van der Waals surface area contributed by atoms with Crippen molar-refractivity contribution in [3.63, 3.8) is 0 Å². The number of anilines is 1. The topological polar surface area (TPSA) is 77.8 Å². The smallest absolute Gasteiger partial charge is 0.344 e. The lowest BCUT2D eigenvalue weighted by atomic mass is 10.2. The monoisotopic (exact) mass is 331 g/mol. The van der Waals surface area contributed by atoms with E-state index >= 15 is 0 Å². The summed E-state index contributed by atoms with van der Waals surface area (Å²) in [6.07, 6.45) is 1.58. The Hall–Kier alpha value is -2.76. The fraction of sp³-hybridized carbons (Fsp3) is 0.333. The molecule has 0 atom stereocenters. The Labute approximate surface area is 140 Å². The SMILES string of the molecule is CC(C)(C)OC(=O)COC(=O)c1ccccc1NCc1ccco1. The van der Waals surface area contributed by atoms with E-state index < -0.39 is 24.1 Å². The number of carbonyl (C=O) groups is 2. The summed E-state index contributed by atoms with van der Waals surface area (Å²) in [5.41, 5.74) is 0.321. The van der Waals surface area contributed by atoms with Gasteiger partial charge in [-0.25, -0.2) is 9.59 Å². The normalized spacial score (nSPS) is 11.0. The highest BCUT2D eigenvalue weighted by atomic mass is 16.6. The number of nitrogens with one attached hydrogen (secondary N) is 1. The van der Waals surface area contributed by atoms with Crippen molar-refractivity contribution in [1.29, 1.82) is 0 Å². The molecule has 0 aliphatic rings. The van der Waals surface area contributed by atoms with Crippen LogP contribution in [-0.4, -0.2) is 24.1 Å². The van der Waals surface area contributed by atoms with E-state index in [0.717, 1.165) is 5.76 Å². The number of ether oxygens (including phenoxy) is 2. The molecule has 0 fully saturated rings. The van der Waals surface area contributed by atoms with Crippen molar-refractivity contribution < 1.29 is 23.5 Å². The van der Waals surface area contributed by atoms with Crippen molar-refractivity contribution in [3.8, 4) is 0 Å². The number of hydrogen-bond donors (Lipinski definition) is 1. The zero-order valence-corrected chi connectivity index (χ0v) is 14.0. The fourth-order valence-corrected chi connectivity index (χ4v) is 1.98. The maximum atomic E-state index is 12.2. The van der Waals surface area contributed by atoms with E-state index in [4.69, 9.17) is 13.9 Å². The first kappa shape index (κ1) is 17.6. The van der Waals surface area contributed by atoms with E-state index in [1.165, 1.54) is 0 Å². The molecule has 0 radical (unpaired) electrons. The van der Waals surface area contributed by atoms with E-state index in [1.54, 1.807) is 57.4 Å². The molecule has 2 rings (SSSR count). The summed E-state index contributed by atoms with van der Waals surface area (Å²) in [6.45, 7) is 5.26. The number of hydrogen-bond acceptors (Lipinski definition) is 6. The van der Waals surface area contributed by atoms with Gasteiger partial charge in [0.05, 0.1) is 18.4 Å². The summed E-state index contributed by atoms with van der Waals surface area (Å²) in [5, 5.41) is 3.11. The Morgan fingerprint density at radius 1 is 1.12 bits per heavy atom. The third-order valence-electron chi connectivity index (χ3n) is 2.92. The first-order valence-corrected chi connectivity index (χ1v) is 7.59. The van der Waals surface area contributed by atoms with Crippen molar-refractivity contribution >= 4 is 17.6 Å². The zero-order valence-electron chi connectivity index (χ0n) is 14.0. The average Bonchev–Trinajstić information content (AvgIpc) is 3.02. The van der Waals surface area contributed by atoms with Crippen LogP contribution >= 0.6 is 0 Å². The van der Waals surface area contributed by atoms with Gasteiger partial charge in [0.1, 0.15) is 11.4 Å². The van der Waals surface area contributed by atoms with E-state index in [-0.39, 0.29) is 0 Å². The maximum Gasteiger partial charge on any atom is 0.344 e. The van der Waals surface area contributed by atoms with Crippen molar-refractivity contribution in [2.75, 3.05) is 11.9 Å². The molecule has 0 aliphatic heterocycles. The van der Waals surface area contributed by atoms with Gasteiger partial charge in [-0.2, -0.15) is 0 Å². The van der Waals surface area contributed by atoms with Crippen molar-refractivity contribution in [1.82, 2.24) is 0 Å². The third kappa shape index (κ3) is 5.46. The molecule has 128 valence electrons. The minimum Gasteiger partial charge on any atom is -0.467 e. The summed E-state index contributed by atoms with van der Waals surface area (Å²) in [6, 6.07) is 10.5. The van der Waals surface area contributed by atoms with Gasteiger partial charge in [-0.3, -0.25) is 0 Å². The molecule has 0 unspecified atom stereocenters. The molecule has 0 spiro atoms. The second-order valence-corrected chi connectivity index (χ2v) is 6.14. The van der Waals surface area contributed by atoms with Crippen LogP contribution in [0.1, 0.15) is 36.9 Å². The molecule has 2 aromatic rings. The van der Waals surface area contributed by atoms with Crippen LogP contribution in [0.2, 0.25) is 0 Å². The predicted octanol–water partition coefficient (Wildman–Crippen LogP) is 3.39. The van der Waals surface area contributed by atoms with Gasteiger partial charge in [-0.05, 0) is 45.0 Å². The van der Waals surface area contributed by atoms with Crippen LogP contribution in [0.4, 0.5) is 5.69 Å². The van der Waals surface area contributed by atoms with Crippen molar-refractivity contribution in [2.45, 2.75) is 32.9 Å². The van der Waals surface area contributed by atoms with Crippen LogP contribution in [0.15, 0.2) is 47.1 Å².